The van der Waals surface area contributed by atoms with Crippen molar-refractivity contribution < 1.29 is 0 Å². The third-order valence-electron chi connectivity index (χ3n) is 5.13. The largest absolute Gasteiger partial charge is 0.0616 e. The Morgan fingerprint density at radius 3 is 1.18 bits per heavy atom. The van der Waals surface area contributed by atoms with E-state index in [2.05, 4.69) is 72.8 Å². The first-order chi connectivity index (χ1) is 10.9. The number of fused-ring (bicyclic) bond motifs is 9. The van der Waals surface area contributed by atoms with Crippen LogP contribution in [0.3, 0.4) is 0 Å². The van der Waals surface area contributed by atoms with Gasteiger partial charge in [0.15, 0.2) is 0 Å². The summed E-state index contributed by atoms with van der Waals surface area (Å²) in [7, 11) is 0. The van der Waals surface area contributed by atoms with Crippen LogP contribution < -0.4 is 0 Å². The van der Waals surface area contributed by atoms with Crippen molar-refractivity contribution >= 4 is 53.9 Å². The fourth-order valence-corrected chi connectivity index (χ4v) is 4.00. The molecule has 0 radical (unpaired) electrons. The van der Waals surface area contributed by atoms with Crippen molar-refractivity contribution in [3.63, 3.8) is 0 Å². The van der Waals surface area contributed by atoms with Gasteiger partial charge in [-0.15, -0.1) is 0 Å². The van der Waals surface area contributed by atoms with Crippen LogP contribution in [-0.2, 0) is 0 Å². The maximum Gasteiger partial charge on any atom is -0.00921 e. The molecule has 0 aliphatic carbocycles. The predicted molar refractivity (Wildman–Crippen MR) is 96.3 cm³/mol. The zero-order chi connectivity index (χ0) is 14.3. The highest BCUT2D eigenvalue weighted by Gasteiger charge is 2.16. The van der Waals surface area contributed by atoms with E-state index in [1.807, 2.05) is 0 Å². The fourth-order valence-electron chi connectivity index (χ4n) is 4.00. The average molecular weight is 276 g/mol. The van der Waals surface area contributed by atoms with Gasteiger partial charge in [0.1, 0.15) is 0 Å². The first-order valence-electron chi connectivity index (χ1n) is 7.71. The van der Waals surface area contributed by atoms with Gasteiger partial charge >= 0.3 is 0 Å². The first-order valence-corrected chi connectivity index (χ1v) is 7.71. The van der Waals surface area contributed by atoms with E-state index in [0.29, 0.717) is 0 Å². The van der Waals surface area contributed by atoms with Gasteiger partial charge in [0.05, 0.1) is 0 Å². The molecule has 22 heavy (non-hydrogen) atoms. The standard InChI is InChI=1S/C22H12/c1-2-6-14-10-18-17(9-13(14)5-1)21-11-19-15-7-3-4-8-16(15)20(19)12-22(18)21/h1-12H. The van der Waals surface area contributed by atoms with Crippen LogP contribution in [0.5, 0.6) is 0 Å². The Kier molecular flexibility index (Phi) is 1.71. The van der Waals surface area contributed by atoms with Gasteiger partial charge in [-0.25, -0.2) is 0 Å². The second-order valence-corrected chi connectivity index (χ2v) is 6.23. The molecule has 0 unspecified atom stereocenters. The number of hydrogen-bond acceptors (Lipinski definition) is 0. The molecule has 0 heterocycles. The van der Waals surface area contributed by atoms with Crippen LogP contribution in [0.4, 0.5) is 0 Å². The van der Waals surface area contributed by atoms with E-state index in [1.165, 1.54) is 53.9 Å². The van der Waals surface area contributed by atoms with Gasteiger partial charge in [-0.3, -0.25) is 0 Å². The van der Waals surface area contributed by atoms with Crippen molar-refractivity contribution in [2.24, 2.45) is 0 Å². The molecule has 0 nitrogen and oxygen atoms in total. The molecule has 0 aliphatic heterocycles. The molecule has 0 fully saturated rings. The Morgan fingerprint density at radius 1 is 0.318 bits per heavy atom. The third kappa shape index (κ3) is 1.12. The zero-order valence-corrected chi connectivity index (χ0v) is 11.9. The van der Waals surface area contributed by atoms with E-state index in [0.717, 1.165) is 0 Å². The summed E-state index contributed by atoms with van der Waals surface area (Å²) in [5.41, 5.74) is 0. The molecule has 6 aromatic rings. The molecular weight excluding hydrogens is 264 g/mol. The van der Waals surface area contributed by atoms with Crippen molar-refractivity contribution in [2.45, 2.75) is 0 Å². The molecule has 100 valence electrons. The van der Waals surface area contributed by atoms with E-state index in [1.54, 1.807) is 0 Å². The van der Waals surface area contributed by atoms with Crippen molar-refractivity contribution in [3.8, 4) is 0 Å². The van der Waals surface area contributed by atoms with Gasteiger partial charge in [0, 0.05) is 0 Å². The molecule has 6 rings (SSSR count). The highest BCUT2D eigenvalue weighted by atomic mass is 14.2. The van der Waals surface area contributed by atoms with Crippen LogP contribution >= 0.6 is 0 Å². The third-order valence-corrected chi connectivity index (χ3v) is 5.13. The Labute approximate surface area is 127 Å². The minimum Gasteiger partial charge on any atom is -0.0616 e. The first kappa shape index (κ1) is 10.8. The van der Waals surface area contributed by atoms with Crippen LogP contribution in [0, 0.1) is 0 Å². The van der Waals surface area contributed by atoms with Gasteiger partial charge in [-0.2, -0.15) is 0 Å². The van der Waals surface area contributed by atoms with Gasteiger partial charge in [-0.05, 0) is 78.1 Å². The molecule has 0 atom stereocenters. The number of rotatable bonds is 0. The number of benzene rings is 4. The average Bonchev–Trinajstić information content (AvgIpc) is 2.56. The van der Waals surface area contributed by atoms with E-state index in [9.17, 15) is 0 Å². The molecule has 0 saturated carbocycles. The Hall–Kier alpha value is -2.86. The molecule has 0 saturated heterocycles. The number of hydrogen-bond donors (Lipinski definition) is 0. The van der Waals surface area contributed by atoms with Crippen LogP contribution in [0.2, 0.25) is 0 Å². The molecular formula is C22H12. The highest BCUT2D eigenvalue weighted by molar-refractivity contribution is 6.35. The quantitative estimate of drug-likeness (QED) is 0.304. The summed E-state index contributed by atoms with van der Waals surface area (Å²) in [5.74, 6) is 0. The second kappa shape index (κ2) is 3.48. The van der Waals surface area contributed by atoms with Crippen LogP contribution in [0.25, 0.3) is 53.9 Å². The van der Waals surface area contributed by atoms with E-state index in [4.69, 9.17) is 0 Å². The Balaban J connectivity index is 1.80. The van der Waals surface area contributed by atoms with Crippen LogP contribution in [-0.4, -0.2) is 0 Å². The molecule has 6 aromatic carbocycles. The lowest BCUT2D eigenvalue weighted by Crippen LogP contribution is -1.90. The molecule has 0 N–H and O–H groups in total. The minimum atomic E-state index is 1.33. The summed E-state index contributed by atoms with van der Waals surface area (Å²) in [6, 6.07) is 26.8. The summed E-state index contributed by atoms with van der Waals surface area (Å²) < 4.78 is 0. The normalized spacial score (nSPS) is 12.5. The summed E-state index contributed by atoms with van der Waals surface area (Å²) in [6.45, 7) is 0. The molecule has 0 aliphatic rings. The molecule has 0 bridgehead atoms. The Morgan fingerprint density at radius 2 is 0.682 bits per heavy atom. The summed E-state index contributed by atoms with van der Waals surface area (Å²) in [4.78, 5) is 0. The molecule has 0 heteroatoms. The summed E-state index contributed by atoms with van der Waals surface area (Å²) in [5, 5.41) is 13.9. The van der Waals surface area contributed by atoms with E-state index < -0.39 is 0 Å². The molecule has 0 aromatic heterocycles. The van der Waals surface area contributed by atoms with E-state index >= 15 is 0 Å². The summed E-state index contributed by atoms with van der Waals surface area (Å²) in [6.07, 6.45) is 0. The van der Waals surface area contributed by atoms with Gasteiger partial charge in [-0.1, -0.05) is 48.5 Å². The van der Waals surface area contributed by atoms with Gasteiger partial charge in [0.25, 0.3) is 0 Å². The minimum absolute atomic E-state index is 1.33. The van der Waals surface area contributed by atoms with Crippen LogP contribution in [0.15, 0.2) is 72.8 Å². The van der Waals surface area contributed by atoms with Crippen LogP contribution in [0.1, 0.15) is 0 Å². The topological polar surface area (TPSA) is 0 Å². The van der Waals surface area contributed by atoms with Gasteiger partial charge < -0.3 is 0 Å². The van der Waals surface area contributed by atoms with Gasteiger partial charge in [0.2, 0.25) is 0 Å². The smallest absolute Gasteiger partial charge is 0.00921 e. The highest BCUT2D eigenvalue weighted by Crippen LogP contribution is 2.44. The zero-order valence-electron chi connectivity index (χ0n) is 11.9. The maximum absolute atomic E-state index is 2.38. The van der Waals surface area contributed by atoms with Crippen molar-refractivity contribution in [1.82, 2.24) is 0 Å². The Bertz CT molecular complexity index is 1170. The molecule has 0 spiro atoms. The fraction of sp³-hybridized carbons (Fsp3) is 0. The monoisotopic (exact) mass is 276 g/mol. The van der Waals surface area contributed by atoms with Crippen molar-refractivity contribution in [1.29, 1.82) is 0 Å². The maximum atomic E-state index is 2.38. The molecule has 0 amide bonds. The van der Waals surface area contributed by atoms with Crippen molar-refractivity contribution in [3.05, 3.63) is 72.8 Å². The SMILES string of the molecule is c1ccc2cc3c(cc2c1)c1cc2c4ccccc4c2cc31. The van der Waals surface area contributed by atoms with E-state index in [-0.39, 0.29) is 0 Å². The summed E-state index contributed by atoms with van der Waals surface area (Å²) >= 11 is 0. The second-order valence-electron chi connectivity index (χ2n) is 6.23. The lowest BCUT2D eigenvalue weighted by atomic mass is 9.85. The predicted octanol–water partition coefficient (Wildman–Crippen LogP) is 6.33. The lowest BCUT2D eigenvalue weighted by molar-refractivity contribution is 1.79. The van der Waals surface area contributed by atoms with Crippen molar-refractivity contribution in [2.75, 3.05) is 0 Å². The lowest BCUT2D eigenvalue weighted by Gasteiger charge is -2.18.